The average molecular weight is 555 g/mol. The quantitative estimate of drug-likeness (QED) is 0.145. The monoisotopic (exact) mass is 554 g/mol. The molecule has 4 aromatic rings. The van der Waals surface area contributed by atoms with E-state index < -0.39 is 11.9 Å². The lowest BCUT2D eigenvalue weighted by Gasteiger charge is -2.12. The van der Waals surface area contributed by atoms with Crippen molar-refractivity contribution in [3.05, 3.63) is 112 Å². The summed E-state index contributed by atoms with van der Waals surface area (Å²) in [7, 11) is 0. The van der Waals surface area contributed by atoms with Crippen molar-refractivity contribution in [3.63, 3.8) is 0 Å². The minimum absolute atomic E-state index is 0.0948. The van der Waals surface area contributed by atoms with Gasteiger partial charge in [0.05, 0.1) is 12.2 Å². The van der Waals surface area contributed by atoms with Crippen LogP contribution in [-0.2, 0) is 16.1 Å². The molecule has 1 amide bonds. The number of benzene rings is 4. The van der Waals surface area contributed by atoms with Gasteiger partial charge in [-0.3, -0.25) is 4.79 Å². The number of hydrogen-bond donors (Lipinski definition) is 1. The van der Waals surface area contributed by atoms with Crippen LogP contribution < -0.4 is 10.1 Å². The van der Waals surface area contributed by atoms with Gasteiger partial charge in [0.25, 0.3) is 5.91 Å². The fourth-order valence-electron chi connectivity index (χ4n) is 3.74. The molecule has 0 aliphatic rings. The molecule has 6 nitrogen and oxygen atoms in total. The van der Waals surface area contributed by atoms with Gasteiger partial charge in [0.1, 0.15) is 24.0 Å². The van der Waals surface area contributed by atoms with Crippen molar-refractivity contribution >= 4 is 50.3 Å². The number of nitriles is 1. The van der Waals surface area contributed by atoms with Crippen LogP contribution in [-0.4, -0.2) is 18.5 Å². The molecule has 0 radical (unpaired) electrons. The molecule has 1 N–H and O–H groups in total. The van der Waals surface area contributed by atoms with E-state index in [1.807, 2.05) is 42.5 Å². The lowest BCUT2D eigenvalue weighted by atomic mass is 10.1. The number of esters is 1. The van der Waals surface area contributed by atoms with Crippen molar-refractivity contribution in [2.45, 2.75) is 13.5 Å². The molecule has 0 aliphatic carbocycles. The maximum absolute atomic E-state index is 12.8. The van der Waals surface area contributed by atoms with E-state index in [2.05, 4.69) is 33.4 Å². The Bertz CT molecular complexity index is 1520. The van der Waals surface area contributed by atoms with Crippen LogP contribution in [0.25, 0.3) is 16.8 Å². The molecule has 184 valence electrons. The fraction of sp³-hybridized carbons (Fsp3) is 0.100. The number of anilines is 1. The summed E-state index contributed by atoms with van der Waals surface area (Å²) in [6.07, 6.45) is 1.49. The number of carbonyl (C=O) groups excluding carboxylic acids is 2. The van der Waals surface area contributed by atoms with E-state index >= 15 is 0 Å². The van der Waals surface area contributed by atoms with Crippen molar-refractivity contribution in [2.75, 3.05) is 11.9 Å². The summed E-state index contributed by atoms with van der Waals surface area (Å²) in [6.45, 7) is 2.33. The summed E-state index contributed by atoms with van der Waals surface area (Å²) in [5.74, 6) is -0.481. The first-order valence-electron chi connectivity index (χ1n) is 11.6. The van der Waals surface area contributed by atoms with Crippen LogP contribution in [0.2, 0.25) is 0 Å². The Balaban J connectivity index is 1.53. The highest BCUT2D eigenvalue weighted by atomic mass is 79.9. The second kappa shape index (κ2) is 12.0. The maximum atomic E-state index is 12.8. The third-order valence-corrected chi connectivity index (χ3v) is 6.05. The predicted octanol–water partition coefficient (Wildman–Crippen LogP) is 6.90. The number of nitrogens with zero attached hydrogens (tertiary/aromatic N) is 1. The van der Waals surface area contributed by atoms with Gasteiger partial charge in [-0.05, 0) is 71.8 Å². The Morgan fingerprint density at radius 1 is 1.00 bits per heavy atom. The maximum Gasteiger partial charge on any atom is 0.338 e. The zero-order chi connectivity index (χ0) is 26.2. The number of amides is 1. The smallest absolute Gasteiger partial charge is 0.338 e. The largest absolute Gasteiger partial charge is 0.488 e. The summed E-state index contributed by atoms with van der Waals surface area (Å²) in [5, 5.41) is 14.6. The topological polar surface area (TPSA) is 88.4 Å². The van der Waals surface area contributed by atoms with Gasteiger partial charge in [0.15, 0.2) is 0 Å². The van der Waals surface area contributed by atoms with Crippen LogP contribution in [0.3, 0.4) is 0 Å². The van der Waals surface area contributed by atoms with Gasteiger partial charge in [0.2, 0.25) is 0 Å². The first-order chi connectivity index (χ1) is 18.0. The molecule has 0 aromatic heterocycles. The molecule has 0 saturated heterocycles. The van der Waals surface area contributed by atoms with Crippen molar-refractivity contribution in [3.8, 4) is 11.8 Å². The summed E-state index contributed by atoms with van der Waals surface area (Å²) in [5.41, 5.74) is 2.33. The van der Waals surface area contributed by atoms with Crippen LogP contribution in [0, 0.1) is 11.3 Å². The Kier molecular flexibility index (Phi) is 8.34. The highest BCUT2D eigenvalue weighted by molar-refractivity contribution is 9.10. The lowest BCUT2D eigenvalue weighted by molar-refractivity contribution is -0.112. The van der Waals surface area contributed by atoms with Crippen molar-refractivity contribution in [1.82, 2.24) is 0 Å². The molecule has 0 heterocycles. The van der Waals surface area contributed by atoms with Gasteiger partial charge in [-0.2, -0.15) is 5.26 Å². The van der Waals surface area contributed by atoms with Gasteiger partial charge < -0.3 is 14.8 Å². The molecule has 0 unspecified atom stereocenters. The van der Waals surface area contributed by atoms with Crippen molar-refractivity contribution in [1.29, 1.82) is 5.26 Å². The molecule has 4 rings (SSSR count). The molecule has 4 aromatic carbocycles. The first kappa shape index (κ1) is 25.7. The third-order valence-electron chi connectivity index (χ3n) is 5.55. The molecule has 7 heteroatoms. The molecule has 0 spiro atoms. The van der Waals surface area contributed by atoms with Crippen LogP contribution in [0.5, 0.6) is 5.75 Å². The summed E-state index contributed by atoms with van der Waals surface area (Å²) < 4.78 is 11.9. The van der Waals surface area contributed by atoms with E-state index in [0.29, 0.717) is 29.2 Å². The van der Waals surface area contributed by atoms with E-state index in [9.17, 15) is 14.9 Å². The highest BCUT2D eigenvalue weighted by Gasteiger charge is 2.13. The number of halogens is 1. The van der Waals surface area contributed by atoms with Crippen LogP contribution in [0.1, 0.15) is 28.4 Å². The SMILES string of the molecule is CCOC(=O)c1ccc(NC(=O)/C(C#N)=C/c2cc(Br)ccc2OCc2cccc3ccccc23)cc1. The van der Waals surface area contributed by atoms with E-state index in [4.69, 9.17) is 9.47 Å². The normalized spacial score (nSPS) is 11.0. The Morgan fingerprint density at radius 3 is 2.51 bits per heavy atom. The molecule has 0 bridgehead atoms. The zero-order valence-electron chi connectivity index (χ0n) is 20.0. The fourth-order valence-corrected chi connectivity index (χ4v) is 4.12. The summed E-state index contributed by atoms with van der Waals surface area (Å²) in [4.78, 5) is 24.7. The van der Waals surface area contributed by atoms with E-state index in [0.717, 1.165) is 20.8 Å². The van der Waals surface area contributed by atoms with E-state index in [1.54, 1.807) is 43.3 Å². The third kappa shape index (κ3) is 6.43. The van der Waals surface area contributed by atoms with Crippen molar-refractivity contribution < 1.29 is 19.1 Å². The molecular weight excluding hydrogens is 532 g/mol. The Hall–Kier alpha value is -4.41. The number of ether oxygens (including phenoxy) is 2. The molecule has 0 saturated carbocycles. The van der Waals surface area contributed by atoms with Crippen LogP contribution in [0.4, 0.5) is 5.69 Å². The molecule has 0 atom stereocenters. The standard InChI is InChI=1S/C30H23BrN2O4/c1-2-36-30(35)21-10-13-26(14-11-21)33-29(34)24(18-32)16-23-17-25(31)12-15-28(23)37-19-22-8-5-7-20-6-3-4-9-27(20)22/h3-17H,2,19H2,1H3,(H,33,34)/b24-16+. The summed E-state index contributed by atoms with van der Waals surface area (Å²) in [6, 6.07) is 27.8. The average Bonchev–Trinajstić information content (AvgIpc) is 2.91. The number of fused-ring (bicyclic) bond motifs is 1. The van der Waals surface area contributed by atoms with Crippen LogP contribution >= 0.6 is 15.9 Å². The van der Waals surface area contributed by atoms with Gasteiger partial charge in [-0.15, -0.1) is 0 Å². The highest BCUT2D eigenvalue weighted by Crippen LogP contribution is 2.28. The number of nitrogens with one attached hydrogen (secondary N) is 1. The number of hydrogen-bond acceptors (Lipinski definition) is 5. The van der Waals surface area contributed by atoms with E-state index in [1.165, 1.54) is 6.08 Å². The lowest BCUT2D eigenvalue weighted by Crippen LogP contribution is -2.14. The van der Waals surface area contributed by atoms with Crippen molar-refractivity contribution in [2.24, 2.45) is 0 Å². The second-order valence-electron chi connectivity index (χ2n) is 8.03. The second-order valence-corrected chi connectivity index (χ2v) is 8.95. The van der Waals surface area contributed by atoms with Crippen LogP contribution in [0.15, 0.2) is 95.0 Å². The molecular formula is C30H23BrN2O4. The molecule has 37 heavy (non-hydrogen) atoms. The van der Waals surface area contributed by atoms with Gasteiger partial charge in [-0.1, -0.05) is 58.4 Å². The number of carbonyl (C=O) groups is 2. The number of rotatable bonds is 8. The van der Waals surface area contributed by atoms with E-state index in [-0.39, 0.29) is 12.2 Å². The Labute approximate surface area is 223 Å². The Morgan fingerprint density at radius 2 is 1.76 bits per heavy atom. The predicted molar refractivity (Wildman–Crippen MR) is 147 cm³/mol. The zero-order valence-corrected chi connectivity index (χ0v) is 21.6. The molecule has 0 fully saturated rings. The minimum atomic E-state index is -0.577. The minimum Gasteiger partial charge on any atom is -0.488 e. The molecule has 0 aliphatic heterocycles. The van der Waals surface area contributed by atoms with Gasteiger partial charge in [0, 0.05) is 15.7 Å². The first-order valence-corrected chi connectivity index (χ1v) is 12.4. The summed E-state index contributed by atoms with van der Waals surface area (Å²) >= 11 is 3.45. The van der Waals surface area contributed by atoms with Gasteiger partial charge in [-0.25, -0.2) is 4.79 Å². The van der Waals surface area contributed by atoms with Gasteiger partial charge >= 0.3 is 5.97 Å².